The Morgan fingerprint density at radius 1 is 0.957 bits per heavy atom. The van der Waals surface area contributed by atoms with E-state index >= 15 is 0 Å². The van der Waals surface area contributed by atoms with Crippen LogP contribution in [0.5, 0.6) is 0 Å². The number of ether oxygens (including phenoxy) is 1. The molecule has 23 heavy (non-hydrogen) atoms. The van der Waals surface area contributed by atoms with Crippen molar-refractivity contribution in [1.82, 2.24) is 5.32 Å². The molecule has 6 heteroatoms. The van der Waals surface area contributed by atoms with Gasteiger partial charge in [-0.05, 0) is 29.5 Å². The molecule has 0 aliphatic heterocycles. The van der Waals surface area contributed by atoms with Gasteiger partial charge in [0.05, 0.1) is 7.11 Å². The fourth-order valence-corrected chi connectivity index (χ4v) is 8.97. The minimum absolute atomic E-state index is 0.0596. The van der Waals surface area contributed by atoms with Gasteiger partial charge in [0.15, 0.2) is 8.32 Å². The summed E-state index contributed by atoms with van der Waals surface area (Å²) in [5.41, 5.74) is 1.72. The number of esters is 1. The van der Waals surface area contributed by atoms with Crippen LogP contribution in [0.25, 0.3) is 0 Å². The normalized spacial score (nSPS) is 12.1. The summed E-state index contributed by atoms with van der Waals surface area (Å²) in [6.45, 7) is 14.3. The number of methoxy groups -OCH3 is 1. The van der Waals surface area contributed by atoms with Gasteiger partial charge in [-0.15, -0.1) is 0 Å². The second-order valence-electron chi connectivity index (χ2n) is 6.98. The van der Waals surface area contributed by atoms with Gasteiger partial charge in [-0.3, -0.25) is 9.59 Å². The summed E-state index contributed by atoms with van der Waals surface area (Å²) in [6, 6.07) is 0. The predicted molar refractivity (Wildman–Crippen MR) is 95.9 cm³/mol. The maximum absolute atomic E-state index is 11.6. The van der Waals surface area contributed by atoms with Crippen molar-refractivity contribution in [2.45, 2.75) is 77.4 Å². The first-order chi connectivity index (χ1) is 10.7. The zero-order valence-electron chi connectivity index (χ0n) is 15.9. The van der Waals surface area contributed by atoms with E-state index in [2.05, 4.69) is 51.6 Å². The van der Waals surface area contributed by atoms with Crippen LogP contribution in [-0.4, -0.2) is 40.5 Å². The Kier molecular flexibility index (Phi) is 10.4. The Morgan fingerprint density at radius 2 is 1.48 bits per heavy atom. The van der Waals surface area contributed by atoms with E-state index in [9.17, 15) is 9.59 Å². The number of nitrogens with one attached hydrogen (secondary N) is 1. The fraction of sp³-hybridized carbons (Fsp3) is 0.882. The van der Waals surface area contributed by atoms with Crippen molar-refractivity contribution >= 4 is 20.2 Å². The number of amides is 1. The number of hydrogen-bond acceptors (Lipinski definition) is 4. The Bertz CT molecular complexity index is 348. The third kappa shape index (κ3) is 7.04. The van der Waals surface area contributed by atoms with Crippen LogP contribution >= 0.6 is 0 Å². The second-order valence-corrected chi connectivity index (χ2v) is 12.4. The summed E-state index contributed by atoms with van der Waals surface area (Å²) in [7, 11) is -0.496. The highest BCUT2D eigenvalue weighted by molar-refractivity contribution is 6.77. The smallest absolute Gasteiger partial charge is 0.325 e. The predicted octanol–water partition coefficient (Wildman–Crippen LogP) is 3.64. The quantitative estimate of drug-likeness (QED) is 0.353. The fourth-order valence-electron chi connectivity index (χ4n) is 3.47. The molecule has 0 aromatic rings. The van der Waals surface area contributed by atoms with E-state index in [1.807, 2.05) is 0 Å². The standard InChI is InChI=1S/C17H35NO4Si/c1-13(2)23(14(3)4,15(5)6)22-11-9-8-10-16(19)18-12-17(20)21-7/h13-15H,8-12H2,1-7H3,(H,18,19). The zero-order chi connectivity index (χ0) is 18.0. The molecule has 0 saturated heterocycles. The first-order valence-electron chi connectivity index (χ1n) is 8.65. The van der Waals surface area contributed by atoms with E-state index in [-0.39, 0.29) is 12.5 Å². The monoisotopic (exact) mass is 345 g/mol. The molecule has 0 aliphatic rings. The lowest BCUT2D eigenvalue weighted by Gasteiger charge is -2.42. The van der Waals surface area contributed by atoms with E-state index in [1.54, 1.807) is 0 Å². The minimum Gasteiger partial charge on any atom is -0.468 e. The highest BCUT2D eigenvalue weighted by atomic mass is 28.4. The van der Waals surface area contributed by atoms with Crippen molar-refractivity contribution in [3.63, 3.8) is 0 Å². The van der Waals surface area contributed by atoms with Crippen molar-refractivity contribution in [3.8, 4) is 0 Å². The Balaban J connectivity index is 4.18. The molecule has 0 heterocycles. The summed E-state index contributed by atoms with van der Waals surface area (Å²) < 4.78 is 10.9. The molecule has 0 radical (unpaired) electrons. The van der Waals surface area contributed by atoms with Crippen LogP contribution in [-0.2, 0) is 18.8 Å². The number of carbonyl (C=O) groups excluding carboxylic acids is 2. The summed E-state index contributed by atoms with van der Waals surface area (Å²) >= 11 is 0. The van der Waals surface area contributed by atoms with Crippen LogP contribution in [0.2, 0.25) is 16.6 Å². The zero-order valence-corrected chi connectivity index (χ0v) is 16.9. The summed E-state index contributed by atoms with van der Waals surface area (Å²) in [4.78, 5) is 22.5. The third-order valence-corrected chi connectivity index (χ3v) is 10.6. The van der Waals surface area contributed by atoms with Gasteiger partial charge in [-0.25, -0.2) is 0 Å². The SMILES string of the molecule is COC(=O)CNC(=O)CCCCO[Si](C(C)C)(C(C)C)C(C)C. The van der Waals surface area contributed by atoms with Crippen LogP contribution in [0.1, 0.15) is 60.8 Å². The number of hydrogen-bond donors (Lipinski definition) is 1. The highest BCUT2D eigenvalue weighted by Gasteiger charge is 2.44. The summed E-state index contributed by atoms with van der Waals surface area (Å²) in [5, 5.41) is 2.55. The van der Waals surface area contributed by atoms with Gasteiger partial charge in [0.2, 0.25) is 5.91 Å². The van der Waals surface area contributed by atoms with Crippen molar-refractivity contribution in [3.05, 3.63) is 0 Å². The van der Waals surface area contributed by atoms with E-state index < -0.39 is 14.3 Å². The lowest BCUT2D eigenvalue weighted by molar-refractivity contribution is -0.141. The molecule has 0 bridgehead atoms. The molecule has 0 unspecified atom stereocenters. The van der Waals surface area contributed by atoms with E-state index in [1.165, 1.54) is 7.11 Å². The van der Waals surface area contributed by atoms with Crippen LogP contribution in [0.15, 0.2) is 0 Å². The maximum Gasteiger partial charge on any atom is 0.325 e. The van der Waals surface area contributed by atoms with E-state index in [4.69, 9.17) is 4.43 Å². The molecule has 0 atom stereocenters. The summed E-state index contributed by atoms with van der Waals surface area (Å²) in [6.07, 6.45) is 2.05. The molecular formula is C17H35NO4Si. The molecule has 5 nitrogen and oxygen atoms in total. The van der Waals surface area contributed by atoms with E-state index in [0.29, 0.717) is 29.7 Å². The van der Waals surface area contributed by atoms with Gasteiger partial charge in [0, 0.05) is 13.0 Å². The van der Waals surface area contributed by atoms with Crippen molar-refractivity contribution < 1.29 is 18.8 Å². The Hall–Kier alpha value is -0.883. The lowest BCUT2D eigenvalue weighted by atomic mass is 10.2. The Labute approximate surface area is 142 Å². The molecule has 0 saturated carbocycles. The van der Waals surface area contributed by atoms with Gasteiger partial charge in [0.25, 0.3) is 0 Å². The molecular weight excluding hydrogens is 310 g/mol. The van der Waals surface area contributed by atoms with Crippen molar-refractivity contribution in [2.24, 2.45) is 0 Å². The van der Waals surface area contributed by atoms with Gasteiger partial charge >= 0.3 is 5.97 Å². The molecule has 136 valence electrons. The van der Waals surface area contributed by atoms with Crippen LogP contribution in [0, 0.1) is 0 Å². The molecule has 1 amide bonds. The van der Waals surface area contributed by atoms with Crippen LogP contribution < -0.4 is 5.32 Å². The molecule has 0 spiro atoms. The molecule has 0 aliphatic carbocycles. The topological polar surface area (TPSA) is 64.6 Å². The van der Waals surface area contributed by atoms with Gasteiger partial charge in [0.1, 0.15) is 6.54 Å². The lowest BCUT2D eigenvalue weighted by Crippen LogP contribution is -2.47. The second kappa shape index (κ2) is 10.8. The molecule has 0 aromatic heterocycles. The van der Waals surface area contributed by atoms with Crippen molar-refractivity contribution in [2.75, 3.05) is 20.3 Å². The largest absolute Gasteiger partial charge is 0.468 e. The first kappa shape index (κ1) is 22.1. The number of rotatable bonds is 11. The molecule has 0 aromatic carbocycles. The highest BCUT2D eigenvalue weighted by Crippen LogP contribution is 2.42. The third-order valence-electron chi connectivity index (χ3n) is 4.51. The first-order valence-corrected chi connectivity index (χ1v) is 10.8. The average Bonchev–Trinajstić information content (AvgIpc) is 2.47. The number of carbonyl (C=O) groups is 2. The average molecular weight is 346 g/mol. The molecule has 0 rings (SSSR count). The van der Waals surface area contributed by atoms with Crippen LogP contribution in [0.3, 0.4) is 0 Å². The number of unbranched alkanes of at least 4 members (excludes halogenated alkanes) is 1. The van der Waals surface area contributed by atoms with Crippen LogP contribution in [0.4, 0.5) is 0 Å². The van der Waals surface area contributed by atoms with Crippen molar-refractivity contribution in [1.29, 1.82) is 0 Å². The maximum atomic E-state index is 11.6. The minimum atomic E-state index is -1.80. The molecule has 1 N–H and O–H groups in total. The summed E-state index contributed by atoms with van der Waals surface area (Å²) in [5.74, 6) is -0.543. The van der Waals surface area contributed by atoms with Gasteiger partial charge in [-0.2, -0.15) is 0 Å². The molecule has 0 fully saturated rings. The Morgan fingerprint density at radius 3 is 1.91 bits per heavy atom. The van der Waals surface area contributed by atoms with Gasteiger partial charge < -0.3 is 14.5 Å². The van der Waals surface area contributed by atoms with Gasteiger partial charge in [-0.1, -0.05) is 41.5 Å². The van der Waals surface area contributed by atoms with E-state index in [0.717, 1.165) is 12.8 Å².